The second-order valence-electron chi connectivity index (χ2n) is 5.30. The van der Waals surface area contributed by atoms with Crippen LogP contribution in [-0.2, 0) is 4.74 Å². The molecule has 4 nitrogen and oxygen atoms in total. The normalized spacial score (nSPS) is 26.2. The van der Waals surface area contributed by atoms with E-state index in [4.69, 9.17) is 4.74 Å². The van der Waals surface area contributed by atoms with Crippen LogP contribution in [0.1, 0.15) is 25.7 Å². The number of carbonyl (C=O) groups excluding carboxylic acids is 1. The Labute approximate surface area is 109 Å². The van der Waals surface area contributed by atoms with Crippen molar-refractivity contribution >= 4 is 6.03 Å². The lowest BCUT2D eigenvalue weighted by Crippen LogP contribution is -2.39. The van der Waals surface area contributed by atoms with Gasteiger partial charge in [-0.05, 0) is 37.5 Å². The lowest BCUT2D eigenvalue weighted by Gasteiger charge is -2.17. The maximum atomic E-state index is 12.0. The first-order valence-corrected chi connectivity index (χ1v) is 6.98. The number of nitrogens with zero attached hydrogens (tertiary/aromatic N) is 1. The Morgan fingerprint density at radius 3 is 2.56 bits per heavy atom. The molecule has 0 aromatic carbocycles. The number of ether oxygens (including phenoxy) is 1. The number of hydrogen-bond donors (Lipinski definition) is 1. The van der Waals surface area contributed by atoms with Gasteiger partial charge in [-0.1, -0.05) is 12.2 Å². The van der Waals surface area contributed by atoms with Crippen molar-refractivity contribution in [3.63, 3.8) is 0 Å². The van der Waals surface area contributed by atoms with Gasteiger partial charge >= 0.3 is 6.03 Å². The number of carbonyl (C=O) groups is 1. The van der Waals surface area contributed by atoms with Gasteiger partial charge in [0, 0.05) is 33.4 Å². The van der Waals surface area contributed by atoms with Gasteiger partial charge in [0.25, 0.3) is 0 Å². The molecular weight excluding hydrogens is 228 g/mol. The van der Waals surface area contributed by atoms with Crippen LogP contribution in [0.4, 0.5) is 4.79 Å². The minimum Gasteiger partial charge on any atom is -0.385 e. The van der Waals surface area contributed by atoms with Crippen molar-refractivity contribution in [3.8, 4) is 0 Å². The molecule has 1 saturated heterocycles. The molecule has 2 atom stereocenters. The number of urea groups is 1. The van der Waals surface area contributed by atoms with Crippen LogP contribution in [0.5, 0.6) is 0 Å². The molecule has 0 bridgehead atoms. The van der Waals surface area contributed by atoms with Gasteiger partial charge in [0.05, 0.1) is 0 Å². The predicted octanol–water partition coefficient (Wildman–Crippen LogP) is 2.02. The van der Waals surface area contributed by atoms with E-state index in [1.807, 2.05) is 4.90 Å². The van der Waals surface area contributed by atoms with Crippen molar-refractivity contribution in [3.05, 3.63) is 12.2 Å². The van der Waals surface area contributed by atoms with Gasteiger partial charge in [0.1, 0.15) is 0 Å². The van der Waals surface area contributed by atoms with Crippen molar-refractivity contribution in [1.82, 2.24) is 10.2 Å². The summed E-state index contributed by atoms with van der Waals surface area (Å²) in [5.74, 6) is 1.38. The molecule has 0 aromatic rings. The third-order valence-corrected chi connectivity index (χ3v) is 3.96. The zero-order chi connectivity index (χ0) is 12.8. The fourth-order valence-corrected chi connectivity index (χ4v) is 2.86. The van der Waals surface area contributed by atoms with Crippen LogP contribution in [0, 0.1) is 11.8 Å². The summed E-state index contributed by atoms with van der Waals surface area (Å²) in [6.07, 6.45) is 8.79. The van der Waals surface area contributed by atoms with Crippen molar-refractivity contribution in [2.75, 3.05) is 33.4 Å². The van der Waals surface area contributed by atoms with E-state index < -0.39 is 0 Å². The van der Waals surface area contributed by atoms with Crippen LogP contribution in [0.15, 0.2) is 12.2 Å². The van der Waals surface area contributed by atoms with Gasteiger partial charge in [-0.15, -0.1) is 0 Å². The van der Waals surface area contributed by atoms with E-state index in [0.717, 1.165) is 51.9 Å². The molecule has 1 fully saturated rings. The number of nitrogens with one attached hydrogen (secondary N) is 1. The van der Waals surface area contributed by atoms with Crippen LogP contribution in [-0.4, -0.2) is 44.3 Å². The van der Waals surface area contributed by atoms with Gasteiger partial charge in [0.2, 0.25) is 0 Å². The first kappa shape index (κ1) is 13.4. The van der Waals surface area contributed by atoms with Gasteiger partial charge in [-0.2, -0.15) is 0 Å². The average Bonchev–Trinajstić information content (AvgIpc) is 2.82. The number of likely N-dealkylation sites (tertiary alicyclic amines) is 1. The topological polar surface area (TPSA) is 41.6 Å². The summed E-state index contributed by atoms with van der Waals surface area (Å²) in [6, 6.07) is 0.113. The molecule has 4 heteroatoms. The molecule has 0 aromatic heterocycles. The molecule has 18 heavy (non-hydrogen) atoms. The fraction of sp³-hybridized carbons (Fsp3) is 0.786. The largest absolute Gasteiger partial charge is 0.385 e. The Morgan fingerprint density at radius 1 is 1.28 bits per heavy atom. The fourth-order valence-electron chi connectivity index (χ4n) is 2.86. The summed E-state index contributed by atoms with van der Waals surface area (Å²) < 4.78 is 4.98. The van der Waals surface area contributed by atoms with Gasteiger partial charge in [0.15, 0.2) is 0 Å². The summed E-state index contributed by atoms with van der Waals surface area (Å²) in [5.41, 5.74) is 0. The summed E-state index contributed by atoms with van der Waals surface area (Å²) in [5, 5.41) is 3.00. The molecule has 1 N–H and O–H groups in total. The number of amides is 2. The predicted molar refractivity (Wildman–Crippen MR) is 71.4 cm³/mol. The van der Waals surface area contributed by atoms with Crippen LogP contribution in [0.25, 0.3) is 0 Å². The summed E-state index contributed by atoms with van der Waals surface area (Å²) in [6.45, 7) is 3.39. The van der Waals surface area contributed by atoms with Crippen molar-refractivity contribution in [2.45, 2.75) is 25.7 Å². The molecule has 0 unspecified atom stereocenters. The molecule has 0 radical (unpaired) electrons. The number of rotatable bonds is 5. The van der Waals surface area contributed by atoms with E-state index in [1.54, 1.807) is 7.11 Å². The molecule has 2 aliphatic rings. The number of methoxy groups -OCH3 is 1. The van der Waals surface area contributed by atoms with E-state index in [0.29, 0.717) is 11.8 Å². The smallest absolute Gasteiger partial charge is 0.317 e. The highest BCUT2D eigenvalue weighted by Crippen LogP contribution is 2.32. The zero-order valence-corrected chi connectivity index (χ0v) is 11.2. The summed E-state index contributed by atoms with van der Waals surface area (Å²) in [4.78, 5) is 14.0. The van der Waals surface area contributed by atoms with Crippen molar-refractivity contribution < 1.29 is 9.53 Å². The number of fused-ring (bicyclic) bond motifs is 1. The van der Waals surface area contributed by atoms with E-state index in [1.165, 1.54) is 0 Å². The molecule has 1 aliphatic heterocycles. The van der Waals surface area contributed by atoms with Crippen LogP contribution >= 0.6 is 0 Å². The highest BCUT2D eigenvalue weighted by atomic mass is 16.5. The maximum absolute atomic E-state index is 12.0. The van der Waals surface area contributed by atoms with Gasteiger partial charge < -0.3 is 15.0 Å². The minimum atomic E-state index is 0.113. The molecule has 0 spiro atoms. The zero-order valence-electron chi connectivity index (χ0n) is 11.2. The Morgan fingerprint density at radius 2 is 1.94 bits per heavy atom. The van der Waals surface area contributed by atoms with Gasteiger partial charge in [-0.25, -0.2) is 4.79 Å². The van der Waals surface area contributed by atoms with Crippen LogP contribution < -0.4 is 5.32 Å². The Kier molecular flexibility index (Phi) is 5.05. The molecule has 2 rings (SSSR count). The first-order chi connectivity index (χ1) is 8.81. The molecule has 2 amide bonds. The molecule has 102 valence electrons. The Hall–Kier alpha value is -1.03. The molecule has 1 aliphatic carbocycles. The molecule has 0 saturated carbocycles. The summed E-state index contributed by atoms with van der Waals surface area (Å²) >= 11 is 0. The van der Waals surface area contributed by atoms with E-state index in [2.05, 4.69) is 17.5 Å². The van der Waals surface area contributed by atoms with Crippen molar-refractivity contribution in [1.29, 1.82) is 0 Å². The maximum Gasteiger partial charge on any atom is 0.317 e. The third-order valence-electron chi connectivity index (χ3n) is 3.96. The SMILES string of the molecule is COCCCCNC(=O)N1C[C@H]2CC=CC[C@H]2C1. The monoisotopic (exact) mass is 252 g/mol. The van der Waals surface area contributed by atoms with E-state index >= 15 is 0 Å². The second-order valence-corrected chi connectivity index (χ2v) is 5.30. The number of allylic oxidation sites excluding steroid dienone is 2. The lowest BCUT2D eigenvalue weighted by molar-refractivity contribution is 0.190. The van der Waals surface area contributed by atoms with E-state index in [9.17, 15) is 4.79 Å². The standard InChI is InChI=1S/C14H24N2O2/c1-18-9-5-4-8-15-14(17)16-10-12-6-2-3-7-13(12)11-16/h2-3,12-13H,4-11H2,1H3,(H,15,17)/t12-,13+. The van der Waals surface area contributed by atoms with Crippen LogP contribution in [0.2, 0.25) is 0 Å². The number of unbranched alkanes of at least 4 members (excludes halogenated alkanes) is 1. The third kappa shape index (κ3) is 3.48. The quantitative estimate of drug-likeness (QED) is 0.601. The Bertz CT molecular complexity index is 288. The van der Waals surface area contributed by atoms with Gasteiger partial charge in [-0.3, -0.25) is 0 Å². The summed E-state index contributed by atoms with van der Waals surface area (Å²) in [7, 11) is 1.71. The number of hydrogen-bond acceptors (Lipinski definition) is 2. The minimum absolute atomic E-state index is 0.113. The highest BCUT2D eigenvalue weighted by molar-refractivity contribution is 5.74. The molecule has 1 heterocycles. The van der Waals surface area contributed by atoms with Crippen LogP contribution in [0.3, 0.4) is 0 Å². The molecular formula is C14H24N2O2. The first-order valence-electron chi connectivity index (χ1n) is 6.98. The Balaban J connectivity index is 1.65. The lowest BCUT2D eigenvalue weighted by atomic mass is 9.86. The average molecular weight is 252 g/mol. The second kappa shape index (κ2) is 6.78. The van der Waals surface area contributed by atoms with E-state index in [-0.39, 0.29) is 6.03 Å². The highest BCUT2D eigenvalue weighted by Gasteiger charge is 2.34. The van der Waals surface area contributed by atoms with Crippen molar-refractivity contribution in [2.24, 2.45) is 11.8 Å².